The molecule has 0 radical (unpaired) electrons. The molecule has 0 bridgehead atoms. The van der Waals surface area contributed by atoms with Gasteiger partial charge in [0.1, 0.15) is 5.60 Å². The number of hydrogen-bond acceptors (Lipinski definition) is 3. The fraction of sp³-hybridized carbons (Fsp3) is 0.571. The molecule has 1 fully saturated rings. The standard InChI is InChI=1S/C14H18INO2/c1-13(2,3)18-12(17)8-14(6-7-14)11-5-4-10(15)9-16-11/h4-5,9H,6-8H2,1-3H3. The summed E-state index contributed by atoms with van der Waals surface area (Å²) in [5.41, 5.74) is 0.549. The highest BCUT2D eigenvalue weighted by Crippen LogP contribution is 2.50. The molecule has 4 heteroatoms. The summed E-state index contributed by atoms with van der Waals surface area (Å²) in [4.78, 5) is 16.3. The van der Waals surface area contributed by atoms with Crippen molar-refractivity contribution in [3.63, 3.8) is 0 Å². The van der Waals surface area contributed by atoms with Gasteiger partial charge in [0.05, 0.1) is 6.42 Å². The Bertz CT molecular complexity index is 444. The van der Waals surface area contributed by atoms with E-state index in [1.165, 1.54) is 0 Å². The summed E-state index contributed by atoms with van der Waals surface area (Å²) in [5, 5.41) is 0. The van der Waals surface area contributed by atoms with Gasteiger partial charge >= 0.3 is 5.97 Å². The minimum atomic E-state index is -0.410. The summed E-state index contributed by atoms with van der Waals surface area (Å²) < 4.78 is 6.51. The lowest BCUT2D eigenvalue weighted by Gasteiger charge is -2.21. The van der Waals surface area contributed by atoms with E-state index >= 15 is 0 Å². The molecule has 1 aliphatic rings. The molecule has 1 saturated carbocycles. The molecule has 1 aromatic heterocycles. The van der Waals surface area contributed by atoms with Crippen LogP contribution in [0.5, 0.6) is 0 Å². The van der Waals surface area contributed by atoms with Crippen molar-refractivity contribution in [2.75, 3.05) is 0 Å². The molecule has 98 valence electrons. The molecule has 1 heterocycles. The van der Waals surface area contributed by atoms with Gasteiger partial charge in [0.15, 0.2) is 0 Å². The van der Waals surface area contributed by atoms with Crippen LogP contribution in [0.3, 0.4) is 0 Å². The lowest BCUT2D eigenvalue weighted by Crippen LogP contribution is -2.26. The van der Waals surface area contributed by atoms with Crippen LogP contribution in [0, 0.1) is 3.57 Å². The molecule has 0 aliphatic heterocycles. The molecule has 0 N–H and O–H groups in total. The molecular formula is C14H18INO2. The second kappa shape index (κ2) is 4.79. The van der Waals surface area contributed by atoms with E-state index in [9.17, 15) is 4.79 Å². The number of halogens is 1. The van der Waals surface area contributed by atoms with Crippen LogP contribution >= 0.6 is 22.6 Å². The van der Waals surface area contributed by atoms with Crippen molar-refractivity contribution in [3.05, 3.63) is 27.6 Å². The Morgan fingerprint density at radius 2 is 2.11 bits per heavy atom. The maximum atomic E-state index is 11.9. The minimum absolute atomic E-state index is 0.0628. The van der Waals surface area contributed by atoms with Crippen molar-refractivity contribution in [2.45, 2.75) is 51.0 Å². The number of pyridine rings is 1. The van der Waals surface area contributed by atoms with Crippen LogP contribution in [0.2, 0.25) is 0 Å². The molecule has 0 unspecified atom stereocenters. The number of hydrogen-bond donors (Lipinski definition) is 0. The fourth-order valence-electron chi connectivity index (χ4n) is 2.02. The first-order chi connectivity index (χ1) is 8.31. The molecule has 0 atom stereocenters. The van der Waals surface area contributed by atoms with Crippen LogP contribution in [0.15, 0.2) is 18.3 Å². The lowest BCUT2D eigenvalue weighted by molar-refractivity contribution is -0.155. The third-order valence-corrected chi connectivity index (χ3v) is 3.67. The predicted octanol–water partition coefficient (Wildman–Crippen LogP) is 3.45. The smallest absolute Gasteiger partial charge is 0.307 e. The lowest BCUT2D eigenvalue weighted by atomic mass is 9.97. The summed E-state index contributed by atoms with van der Waals surface area (Å²) >= 11 is 2.23. The highest BCUT2D eigenvalue weighted by Gasteiger charge is 2.47. The van der Waals surface area contributed by atoms with E-state index < -0.39 is 5.60 Å². The summed E-state index contributed by atoms with van der Waals surface area (Å²) in [7, 11) is 0. The Balaban J connectivity index is 2.04. The third kappa shape index (κ3) is 3.43. The van der Waals surface area contributed by atoms with E-state index in [0.717, 1.165) is 22.1 Å². The number of ether oxygens (including phenoxy) is 1. The minimum Gasteiger partial charge on any atom is -0.460 e. The van der Waals surface area contributed by atoms with Crippen LogP contribution in [0.4, 0.5) is 0 Å². The Morgan fingerprint density at radius 3 is 2.56 bits per heavy atom. The second-order valence-electron chi connectivity index (χ2n) is 5.91. The SMILES string of the molecule is CC(C)(C)OC(=O)CC1(c2ccc(I)cn2)CC1. The van der Waals surface area contributed by atoms with Gasteiger partial charge in [-0.25, -0.2) is 0 Å². The topological polar surface area (TPSA) is 39.2 Å². The van der Waals surface area contributed by atoms with Crippen molar-refractivity contribution < 1.29 is 9.53 Å². The quantitative estimate of drug-likeness (QED) is 0.613. The Hall–Kier alpha value is -0.650. The molecule has 2 rings (SSSR count). The van der Waals surface area contributed by atoms with Crippen LogP contribution in [-0.2, 0) is 14.9 Å². The van der Waals surface area contributed by atoms with Crippen molar-refractivity contribution in [2.24, 2.45) is 0 Å². The Morgan fingerprint density at radius 1 is 1.44 bits per heavy atom. The van der Waals surface area contributed by atoms with Gasteiger partial charge in [-0.1, -0.05) is 0 Å². The molecular weight excluding hydrogens is 341 g/mol. The van der Waals surface area contributed by atoms with Gasteiger partial charge in [0, 0.05) is 20.9 Å². The van der Waals surface area contributed by atoms with Crippen LogP contribution in [0.25, 0.3) is 0 Å². The van der Waals surface area contributed by atoms with E-state index in [4.69, 9.17) is 4.74 Å². The van der Waals surface area contributed by atoms with Crippen molar-refractivity contribution in [3.8, 4) is 0 Å². The molecule has 3 nitrogen and oxygen atoms in total. The molecule has 0 amide bonds. The van der Waals surface area contributed by atoms with Crippen molar-refractivity contribution in [1.29, 1.82) is 0 Å². The first kappa shape index (κ1) is 13.8. The summed E-state index contributed by atoms with van der Waals surface area (Å²) in [5.74, 6) is -0.125. The molecule has 0 aromatic carbocycles. The van der Waals surface area contributed by atoms with Crippen molar-refractivity contribution in [1.82, 2.24) is 4.98 Å². The molecule has 1 aliphatic carbocycles. The van der Waals surface area contributed by atoms with Gasteiger partial charge in [0.2, 0.25) is 0 Å². The van der Waals surface area contributed by atoms with Gasteiger partial charge < -0.3 is 4.74 Å². The molecule has 1 aromatic rings. The number of aromatic nitrogens is 1. The fourth-order valence-corrected chi connectivity index (χ4v) is 2.34. The highest BCUT2D eigenvalue weighted by atomic mass is 127. The zero-order chi connectivity index (χ0) is 13.4. The largest absolute Gasteiger partial charge is 0.460 e. The molecule has 18 heavy (non-hydrogen) atoms. The number of esters is 1. The zero-order valence-corrected chi connectivity index (χ0v) is 13.2. The highest BCUT2D eigenvalue weighted by molar-refractivity contribution is 14.1. The van der Waals surface area contributed by atoms with E-state index in [2.05, 4.69) is 27.6 Å². The monoisotopic (exact) mass is 359 g/mol. The first-order valence-electron chi connectivity index (χ1n) is 6.15. The molecule has 0 saturated heterocycles. The third-order valence-electron chi connectivity index (χ3n) is 3.03. The maximum absolute atomic E-state index is 11.9. The van der Waals surface area contributed by atoms with Gasteiger partial charge in [-0.3, -0.25) is 9.78 Å². The number of carbonyl (C=O) groups excluding carboxylic acids is 1. The van der Waals surface area contributed by atoms with E-state index in [1.54, 1.807) is 0 Å². The van der Waals surface area contributed by atoms with Gasteiger partial charge in [0.25, 0.3) is 0 Å². The maximum Gasteiger partial charge on any atom is 0.307 e. The predicted molar refractivity (Wildman–Crippen MR) is 78.3 cm³/mol. The summed E-state index contributed by atoms with van der Waals surface area (Å²) in [6.07, 6.45) is 4.35. The number of carbonyl (C=O) groups is 1. The van der Waals surface area contributed by atoms with Crippen LogP contribution < -0.4 is 0 Å². The average Bonchev–Trinajstić information content (AvgIpc) is 2.96. The van der Waals surface area contributed by atoms with E-state index in [0.29, 0.717) is 6.42 Å². The summed E-state index contributed by atoms with van der Waals surface area (Å²) in [6, 6.07) is 4.07. The average molecular weight is 359 g/mol. The Labute approximate surface area is 121 Å². The van der Waals surface area contributed by atoms with Crippen LogP contribution in [0.1, 0.15) is 45.7 Å². The second-order valence-corrected chi connectivity index (χ2v) is 7.15. The van der Waals surface area contributed by atoms with Gasteiger partial charge in [-0.2, -0.15) is 0 Å². The normalized spacial score (nSPS) is 17.3. The first-order valence-corrected chi connectivity index (χ1v) is 7.23. The van der Waals surface area contributed by atoms with E-state index in [1.807, 2.05) is 39.1 Å². The van der Waals surface area contributed by atoms with Gasteiger partial charge in [-0.05, 0) is 68.3 Å². The molecule has 0 spiro atoms. The number of rotatable bonds is 3. The van der Waals surface area contributed by atoms with Gasteiger partial charge in [-0.15, -0.1) is 0 Å². The summed E-state index contributed by atoms with van der Waals surface area (Å²) in [6.45, 7) is 5.69. The van der Waals surface area contributed by atoms with Crippen molar-refractivity contribution >= 4 is 28.6 Å². The zero-order valence-electron chi connectivity index (χ0n) is 11.0. The van der Waals surface area contributed by atoms with Crippen LogP contribution in [-0.4, -0.2) is 16.6 Å². The number of nitrogens with zero attached hydrogens (tertiary/aromatic N) is 1. The van der Waals surface area contributed by atoms with E-state index in [-0.39, 0.29) is 11.4 Å². The Kier molecular flexibility index (Phi) is 3.67.